The number of urea groups is 1. The number of amides is 4. The van der Waals surface area contributed by atoms with Crippen LogP contribution >= 0.6 is 0 Å². The number of aryl methyl sites for hydroxylation is 1. The molecule has 0 bridgehead atoms. The molecule has 0 spiro atoms. The number of nitrogens with zero attached hydrogens (tertiary/aromatic N) is 4. The minimum absolute atomic E-state index is 0.193. The third kappa shape index (κ3) is 2.45. The highest BCUT2D eigenvalue weighted by Crippen LogP contribution is 2.32. The minimum Gasteiger partial charge on any atom is -0.332 e. The summed E-state index contributed by atoms with van der Waals surface area (Å²) >= 11 is 0. The number of carbonyl (C=O) groups is 3. The van der Waals surface area contributed by atoms with Crippen LogP contribution in [0.2, 0.25) is 0 Å². The molecule has 2 fully saturated rings. The zero-order chi connectivity index (χ0) is 17.7. The van der Waals surface area contributed by atoms with E-state index in [0.29, 0.717) is 6.54 Å². The highest BCUT2D eigenvalue weighted by molar-refractivity contribution is 6.06. The number of nitrogens with one attached hydrogen (secondary N) is 1. The van der Waals surface area contributed by atoms with E-state index in [1.54, 1.807) is 4.90 Å². The Labute approximate surface area is 144 Å². The molecule has 130 valence electrons. The first-order valence-electron chi connectivity index (χ1n) is 8.23. The van der Waals surface area contributed by atoms with Gasteiger partial charge in [0, 0.05) is 32.5 Å². The molecule has 8 nitrogen and oxygen atoms in total. The molecule has 2 aliphatic heterocycles. The van der Waals surface area contributed by atoms with E-state index in [2.05, 4.69) is 10.3 Å². The quantitative estimate of drug-likeness (QED) is 0.801. The van der Waals surface area contributed by atoms with Crippen LogP contribution in [-0.4, -0.2) is 57.2 Å². The number of aromatic nitrogens is 2. The summed E-state index contributed by atoms with van der Waals surface area (Å²) in [6.45, 7) is 2.86. The van der Waals surface area contributed by atoms with Gasteiger partial charge in [-0.1, -0.05) is 6.07 Å². The summed E-state index contributed by atoms with van der Waals surface area (Å²) in [5.41, 5.74) is 2.68. The molecular formula is C17H19N5O3. The summed E-state index contributed by atoms with van der Waals surface area (Å²) in [6.07, 6.45) is 3.79. The topological polar surface area (TPSA) is 87.0 Å². The number of carbonyl (C=O) groups excluding carboxylic acids is 3. The van der Waals surface area contributed by atoms with Crippen LogP contribution < -0.4 is 5.32 Å². The predicted octanol–water partition coefficient (Wildman–Crippen LogP) is 0.399. The van der Waals surface area contributed by atoms with Crippen LogP contribution in [0.1, 0.15) is 11.3 Å². The average Bonchev–Trinajstić information content (AvgIpc) is 3.26. The third-order valence-electron chi connectivity index (χ3n) is 5.05. The van der Waals surface area contributed by atoms with Gasteiger partial charge in [0.2, 0.25) is 11.8 Å². The van der Waals surface area contributed by atoms with Crippen molar-refractivity contribution < 1.29 is 14.4 Å². The van der Waals surface area contributed by atoms with Crippen LogP contribution in [0.3, 0.4) is 0 Å². The van der Waals surface area contributed by atoms with Crippen molar-refractivity contribution in [2.45, 2.75) is 13.5 Å². The van der Waals surface area contributed by atoms with Gasteiger partial charge in [-0.15, -0.1) is 0 Å². The first-order chi connectivity index (χ1) is 12.0. The number of imidazole rings is 1. The van der Waals surface area contributed by atoms with Gasteiger partial charge < -0.3 is 14.6 Å². The summed E-state index contributed by atoms with van der Waals surface area (Å²) in [5.74, 6) is -1.19. The van der Waals surface area contributed by atoms with Gasteiger partial charge >= 0.3 is 6.03 Å². The van der Waals surface area contributed by atoms with Crippen molar-refractivity contribution in [2.24, 2.45) is 11.8 Å². The first kappa shape index (κ1) is 15.6. The highest BCUT2D eigenvalue weighted by Gasteiger charge is 2.51. The number of imide groups is 1. The van der Waals surface area contributed by atoms with Gasteiger partial charge in [0.05, 0.1) is 24.1 Å². The fourth-order valence-corrected chi connectivity index (χ4v) is 3.64. The van der Waals surface area contributed by atoms with Crippen molar-refractivity contribution in [2.75, 3.05) is 20.1 Å². The number of hydrogen-bond donors (Lipinski definition) is 1. The van der Waals surface area contributed by atoms with E-state index in [1.807, 2.05) is 35.9 Å². The Bertz CT molecular complexity index is 866. The normalized spacial score (nSPS) is 22.8. The minimum atomic E-state index is -0.402. The molecule has 0 aliphatic carbocycles. The molecule has 4 amide bonds. The summed E-state index contributed by atoms with van der Waals surface area (Å²) in [4.78, 5) is 43.6. The maximum atomic E-state index is 12.4. The Morgan fingerprint density at radius 2 is 1.96 bits per heavy atom. The van der Waals surface area contributed by atoms with Crippen LogP contribution in [0.15, 0.2) is 24.5 Å². The highest BCUT2D eigenvalue weighted by atomic mass is 16.2. The van der Waals surface area contributed by atoms with E-state index in [4.69, 9.17) is 0 Å². The Morgan fingerprint density at radius 3 is 2.60 bits per heavy atom. The van der Waals surface area contributed by atoms with E-state index in [9.17, 15) is 14.4 Å². The van der Waals surface area contributed by atoms with Crippen LogP contribution in [0.5, 0.6) is 0 Å². The van der Waals surface area contributed by atoms with Gasteiger partial charge in [0.25, 0.3) is 0 Å². The number of rotatable bonds is 2. The standard InChI is InChI=1S/C17H19N5O3/c1-10-4-3-5-21-7-11(19-14(10)21)6-18-17(25)22-8-12-13(9-22)16(24)20(2)15(12)23/h3-5,7,12-13H,6,8-9H2,1-2H3,(H,18,25)/t12-,13+. The second-order valence-corrected chi connectivity index (χ2v) is 6.67. The molecule has 1 N–H and O–H groups in total. The molecule has 8 heteroatoms. The van der Waals surface area contributed by atoms with E-state index in [-0.39, 0.29) is 30.9 Å². The molecule has 0 saturated carbocycles. The number of likely N-dealkylation sites (tertiary alicyclic amines) is 2. The summed E-state index contributed by atoms with van der Waals surface area (Å²) < 4.78 is 1.92. The van der Waals surface area contributed by atoms with Gasteiger partial charge in [-0.2, -0.15) is 0 Å². The molecule has 2 atom stereocenters. The SMILES string of the molecule is Cc1cccn2cc(CNC(=O)N3C[C@@H]4C(=O)N(C)C(=O)[C@@H]4C3)nc12. The van der Waals surface area contributed by atoms with E-state index in [1.165, 1.54) is 11.9 Å². The maximum absolute atomic E-state index is 12.4. The molecule has 0 unspecified atom stereocenters. The van der Waals surface area contributed by atoms with Crippen LogP contribution in [0.25, 0.3) is 5.65 Å². The molecule has 0 aromatic carbocycles. The van der Waals surface area contributed by atoms with Crippen molar-refractivity contribution in [1.82, 2.24) is 24.5 Å². The molecule has 2 aliphatic rings. The lowest BCUT2D eigenvalue weighted by molar-refractivity contribution is -0.138. The van der Waals surface area contributed by atoms with Gasteiger partial charge in [-0.25, -0.2) is 9.78 Å². The fraction of sp³-hybridized carbons (Fsp3) is 0.412. The van der Waals surface area contributed by atoms with Crippen molar-refractivity contribution in [3.8, 4) is 0 Å². The van der Waals surface area contributed by atoms with Gasteiger partial charge in [0.15, 0.2) is 0 Å². The molecule has 0 radical (unpaired) electrons. The molecule has 2 saturated heterocycles. The molecule has 25 heavy (non-hydrogen) atoms. The van der Waals surface area contributed by atoms with Crippen LogP contribution in [0.4, 0.5) is 4.79 Å². The lowest BCUT2D eigenvalue weighted by Gasteiger charge is -2.19. The second kappa shape index (κ2) is 5.58. The Balaban J connectivity index is 1.40. The fourth-order valence-electron chi connectivity index (χ4n) is 3.64. The van der Waals surface area contributed by atoms with Crippen molar-refractivity contribution in [1.29, 1.82) is 0 Å². The Morgan fingerprint density at radius 1 is 1.28 bits per heavy atom. The van der Waals surface area contributed by atoms with Gasteiger partial charge in [-0.05, 0) is 18.6 Å². The number of pyridine rings is 1. The molecular weight excluding hydrogens is 322 g/mol. The second-order valence-electron chi connectivity index (χ2n) is 6.67. The van der Waals surface area contributed by atoms with E-state index < -0.39 is 11.8 Å². The zero-order valence-corrected chi connectivity index (χ0v) is 14.1. The van der Waals surface area contributed by atoms with E-state index in [0.717, 1.165) is 16.9 Å². The predicted molar refractivity (Wildman–Crippen MR) is 88.5 cm³/mol. The van der Waals surface area contributed by atoms with Crippen LogP contribution in [0, 0.1) is 18.8 Å². The lowest BCUT2D eigenvalue weighted by Crippen LogP contribution is -2.41. The zero-order valence-electron chi connectivity index (χ0n) is 14.1. The maximum Gasteiger partial charge on any atom is 0.317 e. The van der Waals surface area contributed by atoms with Gasteiger partial charge in [0.1, 0.15) is 5.65 Å². The largest absolute Gasteiger partial charge is 0.332 e. The van der Waals surface area contributed by atoms with Crippen molar-refractivity contribution >= 4 is 23.5 Å². The summed E-state index contributed by atoms with van der Waals surface area (Å²) in [5, 5.41) is 2.83. The monoisotopic (exact) mass is 341 g/mol. The Hall–Kier alpha value is -2.90. The van der Waals surface area contributed by atoms with Crippen molar-refractivity contribution in [3.63, 3.8) is 0 Å². The molecule has 4 heterocycles. The molecule has 4 rings (SSSR count). The van der Waals surface area contributed by atoms with Crippen molar-refractivity contribution in [3.05, 3.63) is 35.8 Å². The van der Waals surface area contributed by atoms with E-state index >= 15 is 0 Å². The Kier molecular flexibility index (Phi) is 3.48. The molecule has 2 aromatic rings. The average molecular weight is 341 g/mol. The van der Waals surface area contributed by atoms with Crippen LogP contribution in [-0.2, 0) is 16.1 Å². The molecule has 2 aromatic heterocycles. The first-order valence-corrected chi connectivity index (χ1v) is 8.23. The van der Waals surface area contributed by atoms with Gasteiger partial charge in [-0.3, -0.25) is 14.5 Å². The smallest absolute Gasteiger partial charge is 0.317 e. The lowest BCUT2D eigenvalue weighted by atomic mass is 10.00. The summed E-state index contributed by atoms with van der Waals surface area (Å²) in [6, 6.07) is 3.66. The number of fused-ring (bicyclic) bond motifs is 2. The summed E-state index contributed by atoms with van der Waals surface area (Å²) in [7, 11) is 1.50. The third-order valence-corrected chi connectivity index (χ3v) is 5.05. The number of hydrogen-bond acceptors (Lipinski definition) is 4.